The Morgan fingerprint density at radius 3 is 2.58 bits per heavy atom. The molecule has 0 saturated carbocycles. The predicted molar refractivity (Wildman–Crippen MR) is 106 cm³/mol. The second-order valence-corrected chi connectivity index (χ2v) is 7.34. The first-order valence-electron chi connectivity index (χ1n) is 7.65. The molecule has 1 aromatic heterocycles. The minimum absolute atomic E-state index is 0.351. The van der Waals surface area contributed by atoms with Crippen molar-refractivity contribution in [2.75, 3.05) is 6.61 Å². The zero-order valence-electron chi connectivity index (χ0n) is 13.0. The summed E-state index contributed by atoms with van der Waals surface area (Å²) >= 11 is 13.6. The van der Waals surface area contributed by atoms with Crippen LogP contribution in [0.1, 0.15) is 19.8 Å². The molecule has 24 heavy (non-hydrogen) atoms. The maximum atomic E-state index is 6.33. The van der Waals surface area contributed by atoms with E-state index in [0.717, 1.165) is 49.6 Å². The Balaban J connectivity index is 2.20. The molecule has 0 saturated heterocycles. The molecule has 0 spiro atoms. The van der Waals surface area contributed by atoms with Gasteiger partial charge in [0.2, 0.25) is 0 Å². The standard InChI is InChI=1S/C18H15Br2ClN2O/c1-2-3-9-24-17-13(19)10-12-14(15(17)20)18(21)23-22-16(12)11-7-5-4-6-8-11/h4-8,10H,2-3,9H2,1H3. The molecule has 0 bridgehead atoms. The number of fused-ring (bicyclic) bond motifs is 1. The molecule has 3 rings (SSSR count). The van der Waals surface area contributed by atoms with Crippen LogP contribution in [0.5, 0.6) is 5.75 Å². The number of rotatable bonds is 5. The summed E-state index contributed by atoms with van der Waals surface area (Å²) in [5, 5.41) is 10.5. The molecule has 0 N–H and O–H groups in total. The minimum atomic E-state index is 0.351. The maximum absolute atomic E-state index is 6.33. The Morgan fingerprint density at radius 2 is 1.88 bits per heavy atom. The highest BCUT2D eigenvalue weighted by Gasteiger charge is 2.18. The lowest BCUT2D eigenvalue weighted by atomic mass is 10.1. The summed E-state index contributed by atoms with van der Waals surface area (Å²) < 4.78 is 7.57. The van der Waals surface area contributed by atoms with E-state index in [4.69, 9.17) is 16.3 Å². The summed E-state index contributed by atoms with van der Waals surface area (Å²) in [6.07, 6.45) is 2.07. The molecule has 3 nitrogen and oxygen atoms in total. The Hall–Kier alpha value is -1.17. The van der Waals surface area contributed by atoms with Crippen molar-refractivity contribution in [2.45, 2.75) is 19.8 Å². The van der Waals surface area contributed by atoms with E-state index < -0.39 is 0 Å². The van der Waals surface area contributed by atoms with Crippen LogP contribution in [-0.2, 0) is 0 Å². The van der Waals surface area contributed by atoms with Gasteiger partial charge in [-0.2, -0.15) is 0 Å². The lowest BCUT2D eigenvalue weighted by Gasteiger charge is -2.14. The third-order valence-electron chi connectivity index (χ3n) is 3.67. The highest BCUT2D eigenvalue weighted by molar-refractivity contribution is 9.11. The number of nitrogens with zero attached hydrogens (tertiary/aromatic N) is 2. The molecule has 0 aliphatic carbocycles. The Labute approximate surface area is 162 Å². The number of benzene rings is 2. The third-order valence-corrected chi connectivity index (χ3v) is 5.28. The fourth-order valence-corrected chi connectivity index (χ4v) is 4.33. The van der Waals surface area contributed by atoms with Crippen molar-refractivity contribution >= 4 is 54.2 Å². The minimum Gasteiger partial charge on any atom is -0.491 e. The van der Waals surface area contributed by atoms with E-state index in [1.807, 2.05) is 36.4 Å². The molecule has 124 valence electrons. The maximum Gasteiger partial charge on any atom is 0.160 e. The van der Waals surface area contributed by atoms with E-state index in [1.54, 1.807) is 0 Å². The second kappa shape index (κ2) is 7.81. The first kappa shape index (κ1) is 17.6. The van der Waals surface area contributed by atoms with Crippen molar-refractivity contribution < 1.29 is 4.74 Å². The second-order valence-electron chi connectivity index (χ2n) is 5.33. The van der Waals surface area contributed by atoms with Crippen LogP contribution in [0.4, 0.5) is 0 Å². The van der Waals surface area contributed by atoms with Gasteiger partial charge in [-0.25, -0.2) is 0 Å². The van der Waals surface area contributed by atoms with E-state index in [2.05, 4.69) is 49.0 Å². The third kappa shape index (κ3) is 3.44. The SMILES string of the molecule is CCCCOc1c(Br)cc2c(-c3ccccc3)nnc(Cl)c2c1Br. The van der Waals surface area contributed by atoms with Crippen LogP contribution >= 0.6 is 43.5 Å². The van der Waals surface area contributed by atoms with Gasteiger partial charge in [0.15, 0.2) is 5.15 Å². The van der Waals surface area contributed by atoms with E-state index >= 15 is 0 Å². The Morgan fingerprint density at radius 1 is 1.12 bits per heavy atom. The summed E-state index contributed by atoms with van der Waals surface area (Å²) in [4.78, 5) is 0. The van der Waals surface area contributed by atoms with Crippen molar-refractivity contribution in [3.63, 3.8) is 0 Å². The summed E-state index contributed by atoms with van der Waals surface area (Å²) in [7, 11) is 0. The molecular formula is C18H15Br2ClN2O. The van der Waals surface area contributed by atoms with Gasteiger partial charge in [-0.05, 0) is 44.3 Å². The largest absolute Gasteiger partial charge is 0.491 e. The summed E-state index contributed by atoms with van der Waals surface area (Å²) in [6.45, 7) is 2.79. The average molecular weight is 471 g/mol. The van der Waals surface area contributed by atoms with Gasteiger partial charge in [0.05, 0.1) is 15.6 Å². The highest BCUT2D eigenvalue weighted by atomic mass is 79.9. The topological polar surface area (TPSA) is 35.0 Å². The van der Waals surface area contributed by atoms with Gasteiger partial charge < -0.3 is 4.74 Å². The van der Waals surface area contributed by atoms with E-state index in [0.29, 0.717) is 11.8 Å². The van der Waals surface area contributed by atoms with Gasteiger partial charge in [-0.3, -0.25) is 0 Å². The smallest absolute Gasteiger partial charge is 0.160 e. The molecule has 0 atom stereocenters. The van der Waals surface area contributed by atoms with Crippen molar-refractivity contribution in [1.82, 2.24) is 10.2 Å². The van der Waals surface area contributed by atoms with Crippen LogP contribution in [0.3, 0.4) is 0 Å². The summed E-state index contributed by atoms with van der Waals surface area (Å²) in [5.41, 5.74) is 1.78. The van der Waals surface area contributed by atoms with Gasteiger partial charge in [0, 0.05) is 16.3 Å². The van der Waals surface area contributed by atoms with Gasteiger partial charge in [0.25, 0.3) is 0 Å². The number of unbranched alkanes of at least 4 members (excludes halogenated alkanes) is 1. The van der Waals surface area contributed by atoms with Crippen LogP contribution in [0.2, 0.25) is 5.15 Å². The van der Waals surface area contributed by atoms with Crippen LogP contribution < -0.4 is 4.74 Å². The molecule has 2 aromatic carbocycles. The highest BCUT2D eigenvalue weighted by Crippen LogP contribution is 2.44. The normalized spacial score (nSPS) is 11.0. The van der Waals surface area contributed by atoms with Crippen molar-refractivity contribution in [1.29, 1.82) is 0 Å². The number of hydrogen-bond acceptors (Lipinski definition) is 3. The number of aromatic nitrogens is 2. The average Bonchev–Trinajstić information content (AvgIpc) is 2.58. The van der Waals surface area contributed by atoms with Crippen LogP contribution in [0, 0.1) is 0 Å². The van der Waals surface area contributed by atoms with E-state index in [9.17, 15) is 0 Å². The first-order valence-corrected chi connectivity index (χ1v) is 9.62. The molecule has 0 amide bonds. The van der Waals surface area contributed by atoms with Gasteiger partial charge in [0.1, 0.15) is 11.4 Å². The fourth-order valence-electron chi connectivity index (χ4n) is 2.45. The molecule has 1 heterocycles. The quantitative estimate of drug-likeness (QED) is 0.392. The number of hydrogen-bond donors (Lipinski definition) is 0. The molecule has 0 aliphatic rings. The summed E-state index contributed by atoms with van der Waals surface area (Å²) in [5.74, 6) is 0.741. The van der Waals surface area contributed by atoms with Gasteiger partial charge in [-0.1, -0.05) is 55.3 Å². The molecule has 0 radical (unpaired) electrons. The molecule has 6 heteroatoms. The fraction of sp³-hybridized carbons (Fsp3) is 0.222. The van der Waals surface area contributed by atoms with Crippen LogP contribution in [0.25, 0.3) is 22.0 Å². The van der Waals surface area contributed by atoms with E-state index in [-0.39, 0.29) is 0 Å². The lowest BCUT2D eigenvalue weighted by Crippen LogP contribution is -2.00. The molecular weight excluding hydrogens is 455 g/mol. The van der Waals surface area contributed by atoms with Crippen molar-refractivity contribution in [2.24, 2.45) is 0 Å². The van der Waals surface area contributed by atoms with Crippen molar-refractivity contribution in [3.05, 3.63) is 50.5 Å². The van der Waals surface area contributed by atoms with Gasteiger partial charge in [-0.15, -0.1) is 10.2 Å². The Bertz CT molecular complexity index is 872. The van der Waals surface area contributed by atoms with Gasteiger partial charge >= 0.3 is 0 Å². The lowest BCUT2D eigenvalue weighted by molar-refractivity contribution is 0.306. The first-order chi connectivity index (χ1) is 11.6. The monoisotopic (exact) mass is 468 g/mol. The summed E-state index contributed by atoms with van der Waals surface area (Å²) in [6, 6.07) is 11.9. The molecule has 0 aliphatic heterocycles. The van der Waals surface area contributed by atoms with E-state index in [1.165, 1.54) is 0 Å². The Kier molecular flexibility index (Phi) is 5.74. The molecule has 3 aromatic rings. The van der Waals surface area contributed by atoms with Crippen molar-refractivity contribution in [3.8, 4) is 17.0 Å². The zero-order chi connectivity index (χ0) is 17.1. The number of ether oxygens (including phenoxy) is 1. The van der Waals surface area contributed by atoms with Crippen LogP contribution in [0.15, 0.2) is 45.3 Å². The molecule has 0 unspecified atom stereocenters. The number of halogens is 3. The predicted octanol–water partition coefficient (Wildman–Crippen LogP) is 6.65. The molecule has 0 fully saturated rings. The van der Waals surface area contributed by atoms with Crippen LogP contribution in [-0.4, -0.2) is 16.8 Å². The zero-order valence-corrected chi connectivity index (χ0v) is 16.9.